The molecule has 3 rings (SSSR count). The molecule has 0 spiro atoms. The highest BCUT2D eigenvalue weighted by atomic mass is 16.1. The molecular formula is C21H31N5O. The fourth-order valence-electron chi connectivity index (χ4n) is 3.67. The molecule has 1 amide bonds. The molecule has 1 N–H and O–H groups in total. The van der Waals surface area contributed by atoms with E-state index in [2.05, 4.69) is 39.5 Å². The molecule has 1 aromatic carbocycles. The molecule has 1 atom stereocenters. The molecule has 0 aliphatic carbocycles. The maximum absolute atomic E-state index is 12.6. The predicted octanol–water partition coefficient (Wildman–Crippen LogP) is 3.56. The Hall–Kier alpha value is -2.21. The maximum atomic E-state index is 12.6. The van der Waals surface area contributed by atoms with Gasteiger partial charge in [0.05, 0.1) is 6.04 Å². The molecule has 0 bridgehead atoms. The van der Waals surface area contributed by atoms with E-state index in [1.165, 1.54) is 44.3 Å². The van der Waals surface area contributed by atoms with Crippen LogP contribution < -0.4 is 5.32 Å². The normalized spacial score (nSPS) is 16.7. The summed E-state index contributed by atoms with van der Waals surface area (Å²) in [5, 5.41) is 11.2. The van der Waals surface area contributed by atoms with E-state index in [9.17, 15) is 4.79 Å². The van der Waals surface area contributed by atoms with E-state index in [1.54, 1.807) is 6.33 Å². The molecule has 1 aromatic heterocycles. The van der Waals surface area contributed by atoms with Gasteiger partial charge in [-0.15, -0.1) is 10.2 Å². The number of aryl methyl sites for hydroxylation is 1. The van der Waals surface area contributed by atoms with E-state index >= 15 is 0 Å². The molecule has 1 unspecified atom stereocenters. The van der Waals surface area contributed by atoms with Gasteiger partial charge in [0.15, 0.2) is 5.82 Å². The van der Waals surface area contributed by atoms with Crippen LogP contribution >= 0.6 is 0 Å². The summed E-state index contributed by atoms with van der Waals surface area (Å²) in [6.07, 6.45) is 8.00. The summed E-state index contributed by atoms with van der Waals surface area (Å²) in [4.78, 5) is 15.1. The van der Waals surface area contributed by atoms with Gasteiger partial charge in [0.2, 0.25) is 0 Å². The maximum Gasteiger partial charge on any atom is 0.251 e. The van der Waals surface area contributed by atoms with Gasteiger partial charge < -0.3 is 9.88 Å². The molecule has 27 heavy (non-hydrogen) atoms. The van der Waals surface area contributed by atoms with Gasteiger partial charge in [-0.2, -0.15) is 0 Å². The second-order valence-electron chi connectivity index (χ2n) is 7.46. The van der Waals surface area contributed by atoms with Crippen molar-refractivity contribution in [1.82, 2.24) is 25.0 Å². The number of nitrogens with one attached hydrogen (secondary N) is 1. The predicted molar refractivity (Wildman–Crippen MR) is 106 cm³/mol. The van der Waals surface area contributed by atoms with E-state index < -0.39 is 0 Å². The van der Waals surface area contributed by atoms with Gasteiger partial charge in [-0.05, 0) is 57.0 Å². The zero-order valence-corrected chi connectivity index (χ0v) is 16.5. The summed E-state index contributed by atoms with van der Waals surface area (Å²) in [6, 6.07) is 7.81. The first kappa shape index (κ1) is 19.5. The number of likely N-dealkylation sites (tertiary alicyclic amines) is 1. The Morgan fingerprint density at radius 1 is 1.15 bits per heavy atom. The smallest absolute Gasteiger partial charge is 0.251 e. The number of carbonyl (C=O) groups is 1. The highest BCUT2D eigenvalue weighted by Crippen LogP contribution is 2.15. The lowest BCUT2D eigenvalue weighted by Gasteiger charge is -2.20. The first-order chi connectivity index (χ1) is 13.2. The van der Waals surface area contributed by atoms with Crippen molar-refractivity contribution < 1.29 is 4.79 Å². The second kappa shape index (κ2) is 9.65. The first-order valence-corrected chi connectivity index (χ1v) is 10.2. The van der Waals surface area contributed by atoms with Gasteiger partial charge in [-0.1, -0.05) is 31.9 Å². The monoisotopic (exact) mass is 369 g/mol. The van der Waals surface area contributed by atoms with E-state index in [-0.39, 0.29) is 11.9 Å². The summed E-state index contributed by atoms with van der Waals surface area (Å²) in [7, 11) is 0. The molecule has 2 aromatic rings. The quantitative estimate of drug-likeness (QED) is 0.811. The van der Waals surface area contributed by atoms with Crippen molar-refractivity contribution in [2.75, 3.05) is 13.1 Å². The van der Waals surface area contributed by atoms with Crippen LogP contribution in [0.25, 0.3) is 0 Å². The van der Waals surface area contributed by atoms with Crippen LogP contribution in [0, 0.1) is 0 Å². The largest absolute Gasteiger partial charge is 0.342 e. The number of carbonyl (C=O) groups excluding carboxylic acids is 1. The number of aromatic nitrogens is 3. The lowest BCUT2D eigenvalue weighted by atomic mass is 10.1. The summed E-state index contributed by atoms with van der Waals surface area (Å²) < 4.78 is 2.00. The van der Waals surface area contributed by atoms with Crippen LogP contribution in [0.3, 0.4) is 0 Å². The highest BCUT2D eigenvalue weighted by Gasteiger charge is 2.17. The lowest BCUT2D eigenvalue weighted by Crippen LogP contribution is -2.29. The minimum absolute atomic E-state index is 0.0742. The van der Waals surface area contributed by atoms with Crippen LogP contribution in [0.2, 0.25) is 0 Å². The number of hydrogen-bond acceptors (Lipinski definition) is 4. The summed E-state index contributed by atoms with van der Waals surface area (Å²) in [5.74, 6) is 0.720. The minimum Gasteiger partial charge on any atom is -0.342 e. The summed E-state index contributed by atoms with van der Waals surface area (Å²) in [5.41, 5.74) is 1.95. The van der Waals surface area contributed by atoms with Gasteiger partial charge >= 0.3 is 0 Å². The third-order valence-electron chi connectivity index (χ3n) is 5.17. The number of rotatable bonds is 7. The van der Waals surface area contributed by atoms with Crippen LogP contribution in [0.5, 0.6) is 0 Å². The van der Waals surface area contributed by atoms with Crippen LogP contribution in [-0.4, -0.2) is 38.7 Å². The number of amides is 1. The second-order valence-corrected chi connectivity index (χ2v) is 7.46. The Bertz CT molecular complexity index is 716. The standard InChI is InChI=1S/C21H31N5O/c1-3-12-26-16-22-24-20(26)17(2)23-21(27)19-10-8-18(9-11-19)15-25-13-6-4-5-7-14-25/h8-11,16-17H,3-7,12-15H2,1-2H3,(H,23,27). The molecule has 2 heterocycles. The molecular weight excluding hydrogens is 338 g/mol. The molecule has 146 valence electrons. The molecule has 1 aliphatic rings. The molecule has 0 saturated carbocycles. The summed E-state index contributed by atoms with van der Waals surface area (Å²) in [6.45, 7) is 8.24. The van der Waals surface area contributed by atoms with Crippen molar-refractivity contribution in [1.29, 1.82) is 0 Å². The van der Waals surface area contributed by atoms with E-state index in [0.717, 1.165) is 25.3 Å². The van der Waals surface area contributed by atoms with Crippen molar-refractivity contribution in [3.8, 4) is 0 Å². The highest BCUT2D eigenvalue weighted by molar-refractivity contribution is 5.94. The lowest BCUT2D eigenvalue weighted by molar-refractivity contribution is 0.0937. The molecule has 6 heteroatoms. The van der Waals surface area contributed by atoms with Crippen molar-refractivity contribution in [2.24, 2.45) is 0 Å². The van der Waals surface area contributed by atoms with Crippen LogP contribution in [0.4, 0.5) is 0 Å². The Kier molecular flexibility index (Phi) is 6.98. The van der Waals surface area contributed by atoms with Gasteiger partial charge in [0.1, 0.15) is 6.33 Å². The van der Waals surface area contributed by atoms with Gasteiger partial charge in [0.25, 0.3) is 5.91 Å². The minimum atomic E-state index is -0.177. The third-order valence-corrected chi connectivity index (χ3v) is 5.17. The number of hydrogen-bond donors (Lipinski definition) is 1. The molecule has 6 nitrogen and oxygen atoms in total. The molecule has 0 radical (unpaired) electrons. The average Bonchev–Trinajstić information content (AvgIpc) is 2.98. The Labute approximate surface area is 162 Å². The SMILES string of the molecule is CCCn1cnnc1C(C)NC(=O)c1ccc(CN2CCCCCC2)cc1. The number of nitrogens with zero attached hydrogens (tertiary/aromatic N) is 4. The Morgan fingerprint density at radius 3 is 2.52 bits per heavy atom. The van der Waals surface area contributed by atoms with Gasteiger partial charge in [-0.3, -0.25) is 9.69 Å². The first-order valence-electron chi connectivity index (χ1n) is 10.2. The third kappa shape index (κ3) is 5.39. The van der Waals surface area contributed by atoms with Crippen LogP contribution in [0.1, 0.15) is 73.7 Å². The summed E-state index contributed by atoms with van der Waals surface area (Å²) >= 11 is 0. The molecule has 1 aliphatic heterocycles. The number of benzene rings is 1. The van der Waals surface area contributed by atoms with Crippen molar-refractivity contribution in [2.45, 2.75) is 65.1 Å². The van der Waals surface area contributed by atoms with Crippen LogP contribution in [-0.2, 0) is 13.1 Å². The van der Waals surface area contributed by atoms with E-state index in [1.807, 2.05) is 23.6 Å². The van der Waals surface area contributed by atoms with Gasteiger partial charge in [-0.25, -0.2) is 0 Å². The Balaban J connectivity index is 1.57. The van der Waals surface area contributed by atoms with Crippen molar-refractivity contribution >= 4 is 5.91 Å². The fraction of sp³-hybridized carbons (Fsp3) is 0.571. The molecule has 1 saturated heterocycles. The average molecular weight is 370 g/mol. The zero-order valence-electron chi connectivity index (χ0n) is 16.5. The van der Waals surface area contributed by atoms with E-state index in [4.69, 9.17) is 0 Å². The molecule has 1 fully saturated rings. The van der Waals surface area contributed by atoms with Crippen molar-refractivity contribution in [3.63, 3.8) is 0 Å². The van der Waals surface area contributed by atoms with Gasteiger partial charge in [0, 0.05) is 18.7 Å². The van der Waals surface area contributed by atoms with Crippen LogP contribution in [0.15, 0.2) is 30.6 Å². The van der Waals surface area contributed by atoms with E-state index in [0.29, 0.717) is 5.56 Å². The van der Waals surface area contributed by atoms with Crippen molar-refractivity contribution in [3.05, 3.63) is 47.5 Å². The zero-order chi connectivity index (χ0) is 19.1. The fourth-order valence-corrected chi connectivity index (χ4v) is 3.67. The Morgan fingerprint density at radius 2 is 1.85 bits per heavy atom. The topological polar surface area (TPSA) is 63.1 Å².